The standard InChI is InChI=1S/C10H16N6O2/c11-9(17)15-13-5-7-3-1-2-4-8(7)6-14-16-10(12)18/h1-4,13-14H,5-6H2,(H3,11,15,17)(H3,12,16,18). The van der Waals surface area contributed by atoms with E-state index in [1.165, 1.54) is 0 Å². The van der Waals surface area contributed by atoms with Gasteiger partial charge >= 0.3 is 12.1 Å². The van der Waals surface area contributed by atoms with Gasteiger partial charge in [-0.2, -0.15) is 0 Å². The third-order valence-electron chi connectivity index (χ3n) is 2.10. The number of hydrazine groups is 2. The summed E-state index contributed by atoms with van der Waals surface area (Å²) in [6.07, 6.45) is 0. The highest BCUT2D eigenvalue weighted by atomic mass is 16.2. The van der Waals surface area contributed by atoms with Crippen LogP contribution in [0, 0.1) is 0 Å². The van der Waals surface area contributed by atoms with E-state index in [0.717, 1.165) is 11.1 Å². The minimum absolute atomic E-state index is 0.414. The summed E-state index contributed by atoms with van der Waals surface area (Å²) in [5.41, 5.74) is 21.6. The van der Waals surface area contributed by atoms with Gasteiger partial charge in [-0.25, -0.2) is 20.4 Å². The molecule has 1 aromatic rings. The number of carbonyl (C=O) groups excluding carboxylic acids is 2. The highest BCUT2D eigenvalue weighted by Gasteiger charge is 2.02. The smallest absolute Gasteiger partial charge is 0.326 e. The Morgan fingerprint density at radius 3 is 1.61 bits per heavy atom. The Bertz CT molecular complexity index is 384. The van der Waals surface area contributed by atoms with Gasteiger partial charge in [0.15, 0.2) is 0 Å². The van der Waals surface area contributed by atoms with Crippen molar-refractivity contribution in [3.63, 3.8) is 0 Å². The number of rotatable bonds is 6. The van der Waals surface area contributed by atoms with Crippen LogP contribution in [-0.4, -0.2) is 12.1 Å². The van der Waals surface area contributed by atoms with Crippen molar-refractivity contribution in [2.24, 2.45) is 11.5 Å². The van der Waals surface area contributed by atoms with Crippen molar-refractivity contribution in [1.29, 1.82) is 0 Å². The van der Waals surface area contributed by atoms with Crippen molar-refractivity contribution in [3.05, 3.63) is 35.4 Å². The van der Waals surface area contributed by atoms with Crippen molar-refractivity contribution >= 4 is 12.1 Å². The van der Waals surface area contributed by atoms with Crippen LogP contribution in [0.2, 0.25) is 0 Å². The molecule has 0 radical (unpaired) electrons. The van der Waals surface area contributed by atoms with Crippen molar-refractivity contribution < 1.29 is 9.59 Å². The van der Waals surface area contributed by atoms with Crippen molar-refractivity contribution in [3.8, 4) is 0 Å². The topological polar surface area (TPSA) is 134 Å². The maximum atomic E-state index is 10.5. The van der Waals surface area contributed by atoms with Crippen LogP contribution in [0.1, 0.15) is 11.1 Å². The molecule has 0 fully saturated rings. The zero-order chi connectivity index (χ0) is 13.4. The molecule has 8 heteroatoms. The third-order valence-corrected chi connectivity index (χ3v) is 2.10. The molecular formula is C10H16N6O2. The van der Waals surface area contributed by atoms with Crippen LogP contribution in [0.4, 0.5) is 9.59 Å². The van der Waals surface area contributed by atoms with Crippen LogP contribution in [0.5, 0.6) is 0 Å². The second-order valence-corrected chi connectivity index (χ2v) is 3.45. The summed E-state index contributed by atoms with van der Waals surface area (Å²) in [7, 11) is 0. The molecule has 1 rings (SSSR count). The minimum atomic E-state index is -0.652. The molecular weight excluding hydrogens is 236 g/mol. The second kappa shape index (κ2) is 7.09. The number of nitrogens with two attached hydrogens (primary N) is 2. The lowest BCUT2D eigenvalue weighted by molar-refractivity contribution is 0.243. The summed E-state index contributed by atoms with van der Waals surface area (Å²) >= 11 is 0. The highest BCUT2D eigenvalue weighted by Crippen LogP contribution is 2.07. The van der Waals surface area contributed by atoms with Gasteiger partial charge < -0.3 is 11.5 Å². The van der Waals surface area contributed by atoms with Gasteiger partial charge in [0.1, 0.15) is 0 Å². The zero-order valence-electron chi connectivity index (χ0n) is 9.69. The van der Waals surface area contributed by atoms with Crippen LogP contribution in [-0.2, 0) is 13.1 Å². The Morgan fingerprint density at radius 1 is 0.889 bits per heavy atom. The molecule has 1 aromatic carbocycles. The summed E-state index contributed by atoms with van der Waals surface area (Å²) < 4.78 is 0. The van der Waals surface area contributed by atoms with Gasteiger partial charge in [-0.1, -0.05) is 24.3 Å². The number of nitrogens with one attached hydrogen (secondary N) is 4. The predicted molar refractivity (Wildman–Crippen MR) is 65.6 cm³/mol. The summed E-state index contributed by atoms with van der Waals surface area (Å²) in [4.78, 5) is 21.0. The monoisotopic (exact) mass is 252 g/mol. The normalized spacial score (nSPS) is 9.78. The molecule has 98 valence electrons. The van der Waals surface area contributed by atoms with Crippen LogP contribution in [0.25, 0.3) is 0 Å². The van der Waals surface area contributed by atoms with Gasteiger partial charge in [0.05, 0.1) is 0 Å². The van der Waals surface area contributed by atoms with Crippen LogP contribution >= 0.6 is 0 Å². The Kier molecular flexibility index (Phi) is 5.42. The number of urea groups is 2. The van der Waals surface area contributed by atoms with E-state index >= 15 is 0 Å². The largest absolute Gasteiger partial charge is 0.351 e. The fourth-order valence-electron chi connectivity index (χ4n) is 1.36. The van der Waals surface area contributed by atoms with E-state index in [0.29, 0.717) is 13.1 Å². The van der Waals surface area contributed by atoms with Gasteiger partial charge in [0.25, 0.3) is 0 Å². The predicted octanol–water partition coefficient (Wildman–Crippen LogP) is -0.968. The summed E-state index contributed by atoms with van der Waals surface area (Å²) in [6.45, 7) is 0.828. The van der Waals surface area contributed by atoms with E-state index in [1.807, 2.05) is 24.3 Å². The van der Waals surface area contributed by atoms with Gasteiger partial charge in [0, 0.05) is 13.1 Å². The van der Waals surface area contributed by atoms with Gasteiger partial charge in [-0.05, 0) is 11.1 Å². The highest BCUT2D eigenvalue weighted by molar-refractivity contribution is 5.71. The lowest BCUT2D eigenvalue weighted by Gasteiger charge is -2.11. The molecule has 0 aliphatic heterocycles. The number of hydrogen-bond acceptors (Lipinski definition) is 4. The molecule has 0 saturated heterocycles. The van der Waals surface area contributed by atoms with Gasteiger partial charge in [-0.15, -0.1) is 0 Å². The molecule has 0 unspecified atom stereocenters. The van der Waals surface area contributed by atoms with Crippen molar-refractivity contribution in [2.75, 3.05) is 0 Å². The molecule has 0 heterocycles. The molecule has 18 heavy (non-hydrogen) atoms. The molecule has 8 N–H and O–H groups in total. The van der Waals surface area contributed by atoms with E-state index in [-0.39, 0.29) is 0 Å². The Morgan fingerprint density at radius 2 is 1.28 bits per heavy atom. The molecule has 0 spiro atoms. The van der Waals surface area contributed by atoms with E-state index in [1.54, 1.807) is 0 Å². The average molecular weight is 252 g/mol. The molecule has 4 amide bonds. The van der Waals surface area contributed by atoms with E-state index < -0.39 is 12.1 Å². The maximum absolute atomic E-state index is 10.5. The van der Waals surface area contributed by atoms with E-state index in [9.17, 15) is 9.59 Å². The fourth-order valence-corrected chi connectivity index (χ4v) is 1.36. The molecule has 0 aliphatic carbocycles. The first kappa shape index (κ1) is 13.7. The Balaban J connectivity index is 2.50. The molecule has 8 nitrogen and oxygen atoms in total. The first-order valence-corrected chi connectivity index (χ1v) is 5.23. The Labute approximate surface area is 104 Å². The van der Waals surface area contributed by atoms with Gasteiger partial charge in [-0.3, -0.25) is 10.9 Å². The summed E-state index contributed by atoms with van der Waals surface area (Å²) in [5.74, 6) is 0. The summed E-state index contributed by atoms with van der Waals surface area (Å²) in [5, 5.41) is 0. The summed E-state index contributed by atoms with van der Waals surface area (Å²) in [6, 6.07) is 6.20. The van der Waals surface area contributed by atoms with Crippen LogP contribution in [0.3, 0.4) is 0 Å². The lowest BCUT2D eigenvalue weighted by atomic mass is 10.1. The number of hydrogen-bond donors (Lipinski definition) is 6. The van der Waals surface area contributed by atoms with Crippen LogP contribution in [0.15, 0.2) is 24.3 Å². The van der Waals surface area contributed by atoms with E-state index in [2.05, 4.69) is 21.7 Å². The first-order chi connectivity index (χ1) is 8.59. The number of carbonyl (C=O) groups is 2. The molecule has 0 aromatic heterocycles. The molecule has 0 saturated carbocycles. The van der Waals surface area contributed by atoms with Crippen molar-refractivity contribution in [1.82, 2.24) is 21.7 Å². The average Bonchev–Trinajstić information content (AvgIpc) is 2.30. The zero-order valence-corrected chi connectivity index (χ0v) is 9.69. The fraction of sp³-hybridized carbons (Fsp3) is 0.200. The Hall–Kier alpha value is -2.32. The first-order valence-electron chi connectivity index (χ1n) is 5.23. The third kappa shape index (κ3) is 5.14. The second-order valence-electron chi connectivity index (χ2n) is 3.45. The number of benzene rings is 1. The molecule has 0 bridgehead atoms. The maximum Gasteiger partial charge on any atom is 0.326 e. The minimum Gasteiger partial charge on any atom is -0.351 e. The molecule has 0 atom stereocenters. The number of primary amides is 2. The molecule has 0 aliphatic rings. The van der Waals surface area contributed by atoms with Crippen molar-refractivity contribution in [2.45, 2.75) is 13.1 Å². The number of amides is 4. The quantitative estimate of drug-likeness (QED) is 0.363. The van der Waals surface area contributed by atoms with Crippen LogP contribution < -0.4 is 33.2 Å². The van der Waals surface area contributed by atoms with Gasteiger partial charge in [0.2, 0.25) is 0 Å². The van der Waals surface area contributed by atoms with E-state index in [4.69, 9.17) is 11.5 Å². The lowest BCUT2D eigenvalue weighted by Crippen LogP contribution is -2.41. The SMILES string of the molecule is NC(=O)NNCc1ccccc1CNNC(N)=O.